The van der Waals surface area contributed by atoms with Crippen LogP contribution in [0, 0.1) is 17.8 Å². The number of aryl methyl sites for hydroxylation is 1. The van der Waals surface area contributed by atoms with Crippen LogP contribution in [0.15, 0.2) is 12.1 Å². The molecule has 4 saturated carbocycles. The number of hydrogen-bond donors (Lipinski definition) is 0. The highest BCUT2D eigenvalue weighted by Gasteiger charge is 2.53. The van der Waals surface area contributed by atoms with Crippen LogP contribution in [0.5, 0.6) is 5.75 Å². The zero-order valence-electron chi connectivity index (χ0n) is 18.4. The van der Waals surface area contributed by atoms with E-state index in [1.807, 2.05) is 0 Å². The molecule has 0 amide bonds. The summed E-state index contributed by atoms with van der Waals surface area (Å²) in [7, 11) is -0.875. The molecule has 4 aliphatic rings. The normalized spacial score (nSPS) is 31.4. The molecular weight excluding hydrogens is 360 g/mol. The second kappa shape index (κ2) is 7.30. The zero-order valence-corrected chi connectivity index (χ0v) is 19.4. The molecule has 0 aliphatic heterocycles. The smallest absolute Gasteiger partial charge is 0.274 e. The molecule has 0 atom stereocenters. The first-order valence-corrected chi connectivity index (χ1v) is 13.7. The van der Waals surface area contributed by atoms with E-state index in [4.69, 9.17) is 4.43 Å². The largest absolute Gasteiger partial charge is 0.542 e. The molecule has 4 aliphatic carbocycles. The Bertz CT molecular complexity index is 708. The van der Waals surface area contributed by atoms with Gasteiger partial charge in [0, 0.05) is 12.0 Å². The highest BCUT2D eigenvalue weighted by Crippen LogP contribution is 2.62. The minimum absolute atomic E-state index is 0.0442. The van der Waals surface area contributed by atoms with Crippen molar-refractivity contribution in [2.75, 3.05) is 0 Å². The molecule has 28 heavy (non-hydrogen) atoms. The topological polar surface area (TPSA) is 26.3 Å². The molecule has 1 aromatic rings. The van der Waals surface area contributed by atoms with E-state index >= 15 is 0 Å². The number of aldehydes is 1. The maximum atomic E-state index is 11.1. The molecule has 2 nitrogen and oxygen atoms in total. The predicted molar refractivity (Wildman–Crippen MR) is 117 cm³/mol. The molecule has 5 rings (SSSR count). The third-order valence-electron chi connectivity index (χ3n) is 7.44. The molecule has 3 heteroatoms. The maximum absolute atomic E-state index is 11.1. The summed E-state index contributed by atoms with van der Waals surface area (Å²) in [6.07, 6.45) is 11.0. The van der Waals surface area contributed by atoms with E-state index in [0.717, 1.165) is 36.2 Å². The van der Waals surface area contributed by atoms with Gasteiger partial charge in [0.05, 0.1) is 0 Å². The lowest BCUT2D eigenvalue weighted by molar-refractivity contribution is -0.107. The first-order valence-electron chi connectivity index (χ1n) is 11.3. The standard InChI is InChI=1S/C25H37O2Si/c1-24(2,3)22-21(9-8-20(7-6-10-26)23(22)27-28(4)5)25-14-17-11-18(15-25)13-19(12-17)16-25/h8-10,17-19H,6-7,11-16H2,1-5H3. The number of carbonyl (C=O) groups is 1. The van der Waals surface area contributed by atoms with Crippen molar-refractivity contribution in [1.82, 2.24) is 0 Å². The summed E-state index contributed by atoms with van der Waals surface area (Å²) in [6.45, 7) is 11.5. The van der Waals surface area contributed by atoms with Crippen molar-refractivity contribution in [3.8, 4) is 5.75 Å². The van der Waals surface area contributed by atoms with E-state index in [9.17, 15) is 4.79 Å². The minimum Gasteiger partial charge on any atom is -0.542 e. The second-order valence-corrected chi connectivity index (χ2v) is 13.2. The van der Waals surface area contributed by atoms with E-state index in [2.05, 4.69) is 46.0 Å². The lowest BCUT2D eigenvalue weighted by atomic mass is 9.47. The van der Waals surface area contributed by atoms with Gasteiger partial charge in [-0.3, -0.25) is 0 Å². The Balaban J connectivity index is 1.86. The van der Waals surface area contributed by atoms with Crippen LogP contribution >= 0.6 is 0 Å². The van der Waals surface area contributed by atoms with E-state index in [-0.39, 0.29) is 5.41 Å². The average molecular weight is 398 g/mol. The van der Waals surface area contributed by atoms with Crippen LogP contribution in [0.1, 0.15) is 82.4 Å². The fourth-order valence-electron chi connectivity index (χ4n) is 6.98. The third kappa shape index (κ3) is 3.60. The molecule has 0 unspecified atom stereocenters. The van der Waals surface area contributed by atoms with Crippen LogP contribution < -0.4 is 4.43 Å². The van der Waals surface area contributed by atoms with Crippen molar-refractivity contribution < 1.29 is 9.22 Å². The van der Waals surface area contributed by atoms with Crippen molar-refractivity contribution in [3.63, 3.8) is 0 Å². The lowest BCUT2D eigenvalue weighted by Gasteiger charge is -2.58. The summed E-state index contributed by atoms with van der Waals surface area (Å²) in [5, 5.41) is 0. The molecule has 0 N–H and O–H groups in total. The summed E-state index contributed by atoms with van der Waals surface area (Å²) in [4.78, 5) is 11.1. The van der Waals surface area contributed by atoms with Crippen LogP contribution in [0.25, 0.3) is 0 Å². The van der Waals surface area contributed by atoms with Crippen LogP contribution in [0.2, 0.25) is 13.1 Å². The van der Waals surface area contributed by atoms with Crippen molar-refractivity contribution in [2.24, 2.45) is 17.8 Å². The van der Waals surface area contributed by atoms with Gasteiger partial charge < -0.3 is 9.22 Å². The molecule has 0 heterocycles. The van der Waals surface area contributed by atoms with Gasteiger partial charge in [0.1, 0.15) is 12.0 Å². The molecule has 1 aromatic carbocycles. The molecule has 1 radical (unpaired) electrons. The van der Waals surface area contributed by atoms with Crippen LogP contribution in [0.3, 0.4) is 0 Å². The van der Waals surface area contributed by atoms with Gasteiger partial charge in [-0.1, -0.05) is 32.9 Å². The van der Waals surface area contributed by atoms with Crippen LogP contribution in [0.4, 0.5) is 0 Å². The minimum atomic E-state index is -0.875. The van der Waals surface area contributed by atoms with Crippen molar-refractivity contribution in [2.45, 2.75) is 96.1 Å². The van der Waals surface area contributed by atoms with Gasteiger partial charge in [-0.2, -0.15) is 0 Å². The molecule has 0 aromatic heterocycles. The predicted octanol–water partition coefficient (Wildman–Crippen LogP) is 6.21. The van der Waals surface area contributed by atoms with Crippen molar-refractivity contribution in [1.29, 1.82) is 0 Å². The van der Waals surface area contributed by atoms with E-state index in [1.165, 1.54) is 49.7 Å². The number of benzene rings is 1. The third-order valence-corrected chi connectivity index (χ3v) is 8.05. The zero-order chi connectivity index (χ0) is 20.1. The fourth-order valence-corrected chi connectivity index (χ4v) is 7.63. The summed E-state index contributed by atoms with van der Waals surface area (Å²) in [6, 6.07) is 4.74. The highest BCUT2D eigenvalue weighted by atomic mass is 28.3. The van der Waals surface area contributed by atoms with Gasteiger partial charge in [-0.25, -0.2) is 0 Å². The Hall–Kier alpha value is -1.09. The number of carbonyl (C=O) groups excluding carboxylic acids is 1. The molecular formula is C25H37O2Si. The van der Waals surface area contributed by atoms with Crippen LogP contribution in [-0.4, -0.2) is 15.3 Å². The monoisotopic (exact) mass is 397 g/mol. The lowest BCUT2D eigenvalue weighted by Crippen LogP contribution is -2.49. The van der Waals surface area contributed by atoms with Crippen molar-refractivity contribution in [3.05, 3.63) is 28.8 Å². The van der Waals surface area contributed by atoms with Crippen LogP contribution in [-0.2, 0) is 22.0 Å². The summed E-state index contributed by atoms with van der Waals surface area (Å²) >= 11 is 0. The number of rotatable bonds is 6. The number of hydrogen-bond acceptors (Lipinski definition) is 2. The Labute approximate surface area is 173 Å². The van der Waals surface area contributed by atoms with E-state index in [0.29, 0.717) is 11.8 Å². The molecule has 0 spiro atoms. The van der Waals surface area contributed by atoms with E-state index in [1.54, 1.807) is 5.56 Å². The maximum Gasteiger partial charge on any atom is 0.274 e. The van der Waals surface area contributed by atoms with E-state index < -0.39 is 9.04 Å². The summed E-state index contributed by atoms with van der Waals surface area (Å²) in [5.74, 6) is 3.95. The SMILES string of the molecule is C[Si](C)Oc1c(CCC=O)ccc(C23CC4CC(CC(C4)C2)C3)c1C(C)(C)C. The molecule has 4 fully saturated rings. The summed E-state index contributed by atoms with van der Waals surface area (Å²) in [5.41, 5.74) is 4.68. The molecule has 0 saturated heterocycles. The summed E-state index contributed by atoms with van der Waals surface area (Å²) < 4.78 is 6.59. The average Bonchev–Trinajstić information content (AvgIpc) is 2.57. The van der Waals surface area contributed by atoms with Crippen molar-refractivity contribution >= 4 is 15.3 Å². The Morgan fingerprint density at radius 3 is 2.11 bits per heavy atom. The Kier molecular flexibility index (Phi) is 5.27. The quantitative estimate of drug-likeness (QED) is 0.421. The van der Waals surface area contributed by atoms with Gasteiger partial charge in [0.25, 0.3) is 9.04 Å². The van der Waals surface area contributed by atoms with Gasteiger partial charge >= 0.3 is 0 Å². The fraction of sp³-hybridized carbons (Fsp3) is 0.720. The first kappa shape index (κ1) is 20.2. The van der Waals surface area contributed by atoms with Gasteiger partial charge in [-0.15, -0.1) is 0 Å². The molecule has 4 bridgehead atoms. The second-order valence-electron chi connectivity index (χ2n) is 11.1. The van der Waals surface area contributed by atoms with Gasteiger partial charge in [0.2, 0.25) is 0 Å². The molecule has 153 valence electrons. The highest BCUT2D eigenvalue weighted by molar-refractivity contribution is 6.49. The first-order chi connectivity index (χ1) is 13.2. The Morgan fingerprint density at radius 2 is 1.64 bits per heavy atom. The van der Waals surface area contributed by atoms with Gasteiger partial charge in [-0.05, 0) is 97.8 Å². The Morgan fingerprint density at radius 1 is 1.07 bits per heavy atom. The van der Waals surface area contributed by atoms with Gasteiger partial charge in [0.15, 0.2) is 0 Å².